The molecule has 0 aliphatic carbocycles. The summed E-state index contributed by atoms with van der Waals surface area (Å²) in [4.78, 5) is 0. The fraction of sp³-hybridized carbons (Fsp3) is 0.857. The summed E-state index contributed by atoms with van der Waals surface area (Å²) in [6.45, 7) is 7.61. The molecule has 9 heavy (non-hydrogen) atoms. The van der Waals surface area contributed by atoms with E-state index in [0.29, 0.717) is 12.0 Å². The molecule has 1 atom stereocenters. The summed E-state index contributed by atoms with van der Waals surface area (Å²) in [7, 11) is 0. The van der Waals surface area contributed by atoms with Crippen LogP contribution < -0.4 is 0 Å². The molecule has 0 fully saturated rings. The summed E-state index contributed by atoms with van der Waals surface area (Å²) >= 11 is 0. The minimum atomic E-state index is 0.561. The molecule has 0 saturated heterocycles. The Morgan fingerprint density at radius 2 is 2.33 bits per heavy atom. The highest BCUT2D eigenvalue weighted by molar-refractivity contribution is 5.61. The quantitative estimate of drug-likeness (QED) is 0.517. The van der Waals surface area contributed by atoms with Gasteiger partial charge in [0.15, 0.2) is 0 Å². The number of hydrogen-bond acceptors (Lipinski definition) is 2. The number of rotatable bonds is 1. The molecular weight excluding hydrogens is 112 g/mol. The van der Waals surface area contributed by atoms with E-state index in [0.717, 1.165) is 6.54 Å². The zero-order valence-electron chi connectivity index (χ0n) is 6.33. The first-order valence-corrected chi connectivity index (χ1v) is 3.51. The molecule has 2 nitrogen and oxygen atoms in total. The average molecular weight is 126 g/mol. The Balaban J connectivity index is 2.41. The lowest BCUT2D eigenvalue weighted by Gasteiger charge is -2.18. The van der Waals surface area contributed by atoms with Crippen LogP contribution in [0, 0.1) is 5.92 Å². The first-order valence-electron chi connectivity index (χ1n) is 3.51. The first kappa shape index (κ1) is 6.59. The van der Waals surface area contributed by atoms with Gasteiger partial charge in [0.1, 0.15) is 0 Å². The summed E-state index contributed by atoms with van der Waals surface area (Å²) in [5, 5.41) is 6.34. The van der Waals surface area contributed by atoms with Crippen LogP contribution in [0.4, 0.5) is 0 Å². The maximum atomic E-state index is 4.22. The van der Waals surface area contributed by atoms with Gasteiger partial charge in [0.05, 0.1) is 0 Å². The standard InChI is InChI=1S/C7H14N2/c1-6(2)9-5-7(3)4-8-9/h4,6-7H,5H2,1-3H3. The lowest BCUT2D eigenvalue weighted by Crippen LogP contribution is -2.24. The van der Waals surface area contributed by atoms with E-state index < -0.39 is 0 Å². The van der Waals surface area contributed by atoms with Crippen molar-refractivity contribution in [1.29, 1.82) is 0 Å². The van der Waals surface area contributed by atoms with Crippen molar-refractivity contribution in [2.75, 3.05) is 6.54 Å². The second kappa shape index (κ2) is 2.38. The van der Waals surface area contributed by atoms with Gasteiger partial charge < -0.3 is 0 Å². The fourth-order valence-electron chi connectivity index (χ4n) is 0.933. The molecule has 0 bridgehead atoms. The van der Waals surface area contributed by atoms with Gasteiger partial charge in [-0.05, 0) is 13.8 Å². The molecule has 1 aliphatic rings. The topological polar surface area (TPSA) is 15.6 Å². The van der Waals surface area contributed by atoms with E-state index in [1.54, 1.807) is 0 Å². The Morgan fingerprint density at radius 3 is 2.56 bits per heavy atom. The smallest absolute Gasteiger partial charge is 0.0439 e. The van der Waals surface area contributed by atoms with Crippen LogP contribution >= 0.6 is 0 Å². The third-order valence-corrected chi connectivity index (χ3v) is 1.54. The molecule has 2 heteroatoms. The molecule has 0 N–H and O–H groups in total. The van der Waals surface area contributed by atoms with E-state index in [1.165, 1.54) is 0 Å². The minimum absolute atomic E-state index is 0.561. The second-order valence-electron chi connectivity index (χ2n) is 2.96. The number of hydrogen-bond donors (Lipinski definition) is 0. The van der Waals surface area contributed by atoms with Gasteiger partial charge in [-0.3, -0.25) is 5.01 Å². The molecule has 0 spiro atoms. The lowest BCUT2D eigenvalue weighted by atomic mass is 10.2. The normalized spacial score (nSPS) is 26.2. The van der Waals surface area contributed by atoms with Crippen molar-refractivity contribution in [2.45, 2.75) is 26.8 Å². The van der Waals surface area contributed by atoms with E-state index in [1.807, 2.05) is 6.21 Å². The van der Waals surface area contributed by atoms with Crippen molar-refractivity contribution in [1.82, 2.24) is 5.01 Å². The maximum absolute atomic E-state index is 4.22. The van der Waals surface area contributed by atoms with Gasteiger partial charge in [-0.2, -0.15) is 5.10 Å². The van der Waals surface area contributed by atoms with Crippen LogP contribution in [0.1, 0.15) is 20.8 Å². The van der Waals surface area contributed by atoms with E-state index in [2.05, 4.69) is 30.9 Å². The molecule has 1 unspecified atom stereocenters. The van der Waals surface area contributed by atoms with Crippen LogP contribution in [0.25, 0.3) is 0 Å². The third kappa shape index (κ3) is 1.44. The average Bonchev–Trinajstić information content (AvgIpc) is 2.14. The van der Waals surface area contributed by atoms with Crippen LogP contribution in [0.15, 0.2) is 5.10 Å². The molecule has 0 aromatic heterocycles. The van der Waals surface area contributed by atoms with Gasteiger partial charge in [-0.25, -0.2) is 0 Å². The number of hydrazone groups is 1. The molecule has 0 saturated carbocycles. The van der Waals surface area contributed by atoms with E-state index in [-0.39, 0.29) is 0 Å². The Bertz CT molecular complexity index is 118. The van der Waals surface area contributed by atoms with Crippen molar-refractivity contribution in [2.24, 2.45) is 11.0 Å². The van der Waals surface area contributed by atoms with E-state index >= 15 is 0 Å². The summed E-state index contributed by atoms with van der Waals surface area (Å²) in [6.07, 6.45) is 2.01. The summed E-state index contributed by atoms with van der Waals surface area (Å²) in [6, 6.07) is 0.561. The second-order valence-corrected chi connectivity index (χ2v) is 2.96. The Hall–Kier alpha value is -0.530. The highest BCUT2D eigenvalue weighted by Crippen LogP contribution is 2.09. The first-order chi connectivity index (χ1) is 4.20. The van der Waals surface area contributed by atoms with E-state index in [4.69, 9.17) is 0 Å². The molecule has 52 valence electrons. The predicted octanol–water partition coefficient (Wildman–Crippen LogP) is 1.33. The Morgan fingerprint density at radius 1 is 1.67 bits per heavy atom. The van der Waals surface area contributed by atoms with Gasteiger partial charge >= 0.3 is 0 Å². The largest absolute Gasteiger partial charge is 0.294 e. The van der Waals surface area contributed by atoms with Crippen molar-refractivity contribution < 1.29 is 0 Å². The van der Waals surface area contributed by atoms with Crippen LogP contribution in [0.5, 0.6) is 0 Å². The molecule has 1 heterocycles. The minimum Gasteiger partial charge on any atom is -0.294 e. The zero-order chi connectivity index (χ0) is 6.85. The summed E-state index contributed by atoms with van der Waals surface area (Å²) < 4.78 is 0. The van der Waals surface area contributed by atoms with Crippen molar-refractivity contribution in [3.63, 3.8) is 0 Å². The number of nitrogens with zero attached hydrogens (tertiary/aromatic N) is 2. The fourth-order valence-corrected chi connectivity index (χ4v) is 0.933. The molecule has 1 rings (SSSR count). The van der Waals surface area contributed by atoms with Crippen LogP contribution in [-0.2, 0) is 0 Å². The molecule has 0 aromatic carbocycles. The van der Waals surface area contributed by atoms with Crippen LogP contribution in [0.3, 0.4) is 0 Å². The van der Waals surface area contributed by atoms with Gasteiger partial charge in [0.25, 0.3) is 0 Å². The molecule has 0 radical (unpaired) electrons. The Labute approximate surface area is 56.5 Å². The SMILES string of the molecule is CC1C=NN(C(C)C)C1. The van der Waals surface area contributed by atoms with Crippen molar-refractivity contribution in [3.05, 3.63) is 0 Å². The van der Waals surface area contributed by atoms with Gasteiger partial charge in [0, 0.05) is 24.7 Å². The third-order valence-electron chi connectivity index (χ3n) is 1.54. The van der Waals surface area contributed by atoms with Gasteiger partial charge in [0.2, 0.25) is 0 Å². The molecule has 1 aliphatic heterocycles. The van der Waals surface area contributed by atoms with Gasteiger partial charge in [-0.1, -0.05) is 6.92 Å². The zero-order valence-corrected chi connectivity index (χ0v) is 6.33. The van der Waals surface area contributed by atoms with Crippen LogP contribution in [-0.4, -0.2) is 23.8 Å². The molecule has 0 amide bonds. The lowest BCUT2D eigenvalue weighted by molar-refractivity contribution is 0.243. The summed E-state index contributed by atoms with van der Waals surface area (Å²) in [5.41, 5.74) is 0. The Kier molecular flexibility index (Phi) is 1.74. The van der Waals surface area contributed by atoms with E-state index in [9.17, 15) is 0 Å². The van der Waals surface area contributed by atoms with Gasteiger partial charge in [-0.15, -0.1) is 0 Å². The van der Waals surface area contributed by atoms with Crippen molar-refractivity contribution >= 4 is 6.21 Å². The van der Waals surface area contributed by atoms with Crippen molar-refractivity contribution in [3.8, 4) is 0 Å². The summed E-state index contributed by atoms with van der Waals surface area (Å²) in [5.74, 6) is 0.646. The maximum Gasteiger partial charge on any atom is 0.0439 e. The monoisotopic (exact) mass is 126 g/mol. The highest BCUT2D eigenvalue weighted by atomic mass is 15.5. The predicted molar refractivity (Wildman–Crippen MR) is 39.5 cm³/mol. The van der Waals surface area contributed by atoms with Crippen LogP contribution in [0.2, 0.25) is 0 Å². The highest BCUT2D eigenvalue weighted by Gasteiger charge is 2.14. The molecular formula is C7H14N2. The molecule has 0 aromatic rings.